The molecule has 2 aromatic rings. The standard InChI is InChI=1S/C18H23N3OS/c1-13-6-8-14(9-7-13)15-11-19-18(20-15)16-5-3-4-10-21(16)17(22)12-23-2/h6-9,11,16H,3-5,10,12H2,1-2H3,(H,19,20)/t16-/m0/s1. The number of nitrogens with one attached hydrogen (secondary N) is 1. The van der Waals surface area contributed by atoms with E-state index < -0.39 is 0 Å². The number of aryl methyl sites for hydroxylation is 1. The molecule has 0 spiro atoms. The quantitative estimate of drug-likeness (QED) is 0.928. The number of thioether (sulfide) groups is 1. The van der Waals surface area contributed by atoms with Gasteiger partial charge >= 0.3 is 0 Å². The minimum absolute atomic E-state index is 0.0857. The summed E-state index contributed by atoms with van der Waals surface area (Å²) in [4.78, 5) is 22.4. The van der Waals surface area contributed by atoms with Crippen molar-refractivity contribution < 1.29 is 4.79 Å². The number of rotatable bonds is 4. The van der Waals surface area contributed by atoms with Crippen molar-refractivity contribution in [3.63, 3.8) is 0 Å². The number of amides is 1. The zero-order chi connectivity index (χ0) is 16.2. The lowest BCUT2D eigenvalue weighted by Gasteiger charge is -2.34. The summed E-state index contributed by atoms with van der Waals surface area (Å²) in [6, 6.07) is 8.49. The van der Waals surface area contributed by atoms with Gasteiger partial charge in [-0.3, -0.25) is 4.79 Å². The van der Waals surface area contributed by atoms with Crippen LogP contribution >= 0.6 is 11.8 Å². The van der Waals surface area contributed by atoms with Crippen molar-refractivity contribution in [2.24, 2.45) is 0 Å². The molecule has 0 bridgehead atoms. The van der Waals surface area contributed by atoms with E-state index in [2.05, 4.69) is 41.2 Å². The van der Waals surface area contributed by atoms with Crippen LogP contribution in [0.15, 0.2) is 30.5 Å². The van der Waals surface area contributed by atoms with E-state index in [4.69, 9.17) is 0 Å². The Morgan fingerprint density at radius 3 is 2.87 bits per heavy atom. The summed E-state index contributed by atoms with van der Waals surface area (Å²) in [6.07, 6.45) is 7.07. The van der Waals surface area contributed by atoms with E-state index in [1.165, 1.54) is 5.56 Å². The molecule has 1 saturated heterocycles. The molecule has 0 unspecified atom stereocenters. The molecular weight excluding hydrogens is 306 g/mol. The van der Waals surface area contributed by atoms with E-state index >= 15 is 0 Å². The number of carbonyl (C=O) groups excluding carboxylic acids is 1. The molecule has 1 amide bonds. The molecule has 122 valence electrons. The summed E-state index contributed by atoms with van der Waals surface area (Å²) in [5.41, 5.74) is 3.39. The summed E-state index contributed by atoms with van der Waals surface area (Å²) >= 11 is 1.58. The number of likely N-dealkylation sites (tertiary alicyclic amines) is 1. The molecule has 1 N–H and O–H groups in total. The summed E-state index contributed by atoms with van der Waals surface area (Å²) in [6.45, 7) is 2.92. The molecule has 1 fully saturated rings. The van der Waals surface area contributed by atoms with Crippen LogP contribution in [0.5, 0.6) is 0 Å². The lowest BCUT2D eigenvalue weighted by atomic mass is 10.0. The fourth-order valence-corrected chi connectivity index (χ4v) is 3.52. The van der Waals surface area contributed by atoms with Crippen LogP contribution in [-0.2, 0) is 4.79 Å². The van der Waals surface area contributed by atoms with Crippen LogP contribution in [0.3, 0.4) is 0 Å². The van der Waals surface area contributed by atoms with Gasteiger partial charge in [-0.25, -0.2) is 4.98 Å². The molecule has 1 atom stereocenters. The normalized spacial score (nSPS) is 18.2. The monoisotopic (exact) mass is 329 g/mol. The molecule has 5 heteroatoms. The first-order chi connectivity index (χ1) is 11.2. The van der Waals surface area contributed by atoms with Crippen molar-refractivity contribution in [3.8, 4) is 11.3 Å². The zero-order valence-electron chi connectivity index (χ0n) is 13.7. The number of H-pyrrole nitrogens is 1. The highest BCUT2D eigenvalue weighted by Crippen LogP contribution is 2.31. The molecule has 1 aromatic heterocycles. The number of aromatic amines is 1. The van der Waals surface area contributed by atoms with Crippen molar-refractivity contribution >= 4 is 17.7 Å². The van der Waals surface area contributed by atoms with Crippen molar-refractivity contribution in [2.45, 2.75) is 32.2 Å². The Labute approximate surface area is 141 Å². The summed E-state index contributed by atoms with van der Waals surface area (Å²) in [5.74, 6) is 1.67. The van der Waals surface area contributed by atoms with Crippen molar-refractivity contribution in [2.75, 3.05) is 18.6 Å². The third kappa shape index (κ3) is 3.61. The molecule has 0 radical (unpaired) electrons. The second kappa shape index (κ2) is 7.21. The SMILES string of the molecule is CSCC(=O)N1CCCC[C@H]1c1ncc(-c2ccc(C)cc2)[nH]1. The van der Waals surface area contributed by atoms with Gasteiger partial charge in [-0.05, 0) is 38.0 Å². The number of carbonyl (C=O) groups is 1. The highest BCUT2D eigenvalue weighted by atomic mass is 32.2. The number of hydrogen-bond donors (Lipinski definition) is 1. The molecule has 1 aliphatic heterocycles. The first-order valence-corrected chi connectivity index (χ1v) is 9.49. The summed E-state index contributed by atoms with van der Waals surface area (Å²) in [7, 11) is 0. The van der Waals surface area contributed by atoms with E-state index in [-0.39, 0.29) is 11.9 Å². The van der Waals surface area contributed by atoms with Crippen molar-refractivity contribution in [1.29, 1.82) is 0 Å². The van der Waals surface area contributed by atoms with Crippen LogP contribution < -0.4 is 0 Å². The van der Waals surface area contributed by atoms with Gasteiger partial charge in [-0.1, -0.05) is 29.8 Å². The van der Waals surface area contributed by atoms with Gasteiger partial charge in [0.2, 0.25) is 5.91 Å². The van der Waals surface area contributed by atoms with Gasteiger partial charge in [-0.15, -0.1) is 0 Å². The number of benzene rings is 1. The molecule has 4 nitrogen and oxygen atoms in total. The first-order valence-electron chi connectivity index (χ1n) is 8.09. The van der Waals surface area contributed by atoms with E-state index in [0.29, 0.717) is 5.75 Å². The molecule has 0 saturated carbocycles. The van der Waals surface area contributed by atoms with Gasteiger partial charge in [0.05, 0.1) is 23.7 Å². The third-order valence-corrected chi connectivity index (χ3v) is 4.90. The zero-order valence-corrected chi connectivity index (χ0v) is 14.5. The molecule has 0 aliphatic carbocycles. The topological polar surface area (TPSA) is 49.0 Å². The van der Waals surface area contributed by atoms with Gasteiger partial charge < -0.3 is 9.88 Å². The maximum atomic E-state index is 12.4. The van der Waals surface area contributed by atoms with E-state index in [9.17, 15) is 4.79 Å². The van der Waals surface area contributed by atoms with Crippen LogP contribution in [0.2, 0.25) is 0 Å². The Bertz CT molecular complexity index is 665. The van der Waals surface area contributed by atoms with Crippen molar-refractivity contribution in [1.82, 2.24) is 14.9 Å². The fourth-order valence-electron chi connectivity index (χ4n) is 3.11. The molecular formula is C18H23N3OS. The minimum atomic E-state index is 0.0857. The largest absolute Gasteiger partial charge is 0.340 e. The van der Waals surface area contributed by atoms with Crippen molar-refractivity contribution in [3.05, 3.63) is 41.9 Å². The number of hydrogen-bond acceptors (Lipinski definition) is 3. The Hall–Kier alpha value is -1.75. The van der Waals surface area contributed by atoms with Gasteiger partial charge in [0, 0.05) is 6.54 Å². The smallest absolute Gasteiger partial charge is 0.233 e. The second-order valence-electron chi connectivity index (χ2n) is 6.08. The highest BCUT2D eigenvalue weighted by Gasteiger charge is 2.29. The molecule has 1 aliphatic rings. The van der Waals surface area contributed by atoms with E-state index in [0.717, 1.165) is 42.9 Å². The molecule has 1 aromatic carbocycles. The maximum absolute atomic E-state index is 12.4. The van der Waals surface area contributed by atoms with Crippen LogP contribution in [0.4, 0.5) is 0 Å². The minimum Gasteiger partial charge on any atom is -0.340 e. The van der Waals surface area contributed by atoms with Gasteiger partial charge in [0.25, 0.3) is 0 Å². The molecule has 3 rings (SSSR count). The first kappa shape index (κ1) is 16.1. The predicted octanol–water partition coefficient (Wildman–Crippen LogP) is 3.80. The Morgan fingerprint density at radius 2 is 2.13 bits per heavy atom. The second-order valence-corrected chi connectivity index (χ2v) is 6.95. The summed E-state index contributed by atoms with van der Waals surface area (Å²) in [5, 5.41) is 0. The average Bonchev–Trinajstić information content (AvgIpc) is 3.05. The van der Waals surface area contributed by atoms with E-state index in [1.54, 1.807) is 11.8 Å². The van der Waals surface area contributed by atoms with E-state index in [1.807, 2.05) is 17.4 Å². The maximum Gasteiger partial charge on any atom is 0.233 e. The number of imidazole rings is 1. The summed E-state index contributed by atoms with van der Waals surface area (Å²) < 4.78 is 0. The van der Waals surface area contributed by atoms with Gasteiger partial charge in [-0.2, -0.15) is 11.8 Å². The van der Waals surface area contributed by atoms with Crippen LogP contribution in [0.1, 0.15) is 36.7 Å². The van der Waals surface area contributed by atoms with Crippen LogP contribution in [0.25, 0.3) is 11.3 Å². The highest BCUT2D eigenvalue weighted by molar-refractivity contribution is 7.99. The third-order valence-electron chi connectivity index (χ3n) is 4.36. The lowest BCUT2D eigenvalue weighted by molar-refractivity contribution is -0.132. The predicted molar refractivity (Wildman–Crippen MR) is 95.4 cm³/mol. The number of nitrogens with zero attached hydrogens (tertiary/aromatic N) is 2. The van der Waals surface area contributed by atoms with Gasteiger partial charge in [0.1, 0.15) is 5.82 Å². The van der Waals surface area contributed by atoms with Crippen LogP contribution in [0, 0.1) is 6.92 Å². The van der Waals surface area contributed by atoms with Crippen LogP contribution in [-0.4, -0.2) is 39.3 Å². The molecule has 23 heavy (non-hydrogen) atoms. The number of piperidine rings is 1. The van der Waals surface area contributed by atoms with Gasteiger partial charge in [0.15, 0.2) is 0 Å². The molecule has 2 heterocycles. The fraction of sp³-hybridized carbons (Fsp3) is 0.444. The lowest BCUT2D eigenvalue weighted by Crippen LogP contribution is -2.40. The number of aromatic nitrogens is 2. The average molecular weight is 329 g/mol. The Balaban J connectivity index is 1.82. The Morgan fingerprint density at radius 1 is 1.35 bits per heavy atom. The Kier molecular flexibility index (Phi) is 5.06.